The molecule has 142 valence electrons. The van der Waals surface area contributed by atoms with Crippen molar-refractivity contribution in [2.75, 3.05) is 6.54 Å². The molecule has 0 saturated heterocycles. The molecular weight excluding hydrogens is 370 g/mol. The SMILES string of the molecule is Cc1ccc(S(=O)(=O)NC[C@@H](c2ccccc2)c2cc3ccccc3o2)cc1. The Morgan fingerprint density at radius 3 is 2.29 bits per heavy atom. The van der Waals surface area contributed by atoms with Gasteiger partial charge in [-0.15, -0.1) is 0 Å². The highest BCUT2D eigenvalue weighted by molar-refractivity contribution is 7.89. The summed E-state index contributed by atoms with van der Waals surface area (Å²) < 4.78 is 34.3. The van der Waals surface area contributed by atoms with Gasteiger partial charge in [-0.3, -0.25) is 0 Å². The lowest BCUT2D eigenvalue weighted by Gasteiger charge is -2.16. The van der Waals surface area contributed by atoms with Crippen LogP contribution in [-0.4, -0.2) is 15.0 Å². The van der Waals surface area contributed by atoms with Crippen LogP contribution in [0.5, 0.6) is 0 Å². The molecule has 4 rings (SSSR count). The van der Waals surface area contributed by atoms with Crippen LogP contribution in [-0.2, 0) is 10.0 Å². The van der Waals surface area contributed by atoms with Crippen LogP contribution in [0.1, 0.15) is 22.8 Å². The average molecular weight is 391 g/mol. The van der Waals surface area contributed by atoms with E-state index in [1.54, 1.807) is 24.3 Å². The summed E-state index contributed by atoms with van der Waals surface area (Å²) in [5, 5.41) is 1.000. The lowest BCUT2D eigenvalue weighted by atomic mass is 9.96. The fourth-order valence-electron chi connectivity index (χ4n) is 3.24. The molecule has 0 aliphatic heterocycles. The third-order valence-electron chi connectivity index (χ3n) is 4.80. The van der Waals surface area contributed by atoms with E-state index in [1.165, 1.54) is 0 Å². The Balaban J connectivity index is 1.65. The number of para-hydroxylation sites is 1. The molecule has 0 radical (unpaired) electrons. The van der Waals surface area contributed by atoms with Gasteiger partial charge in [0.2, 0.25) is 10.0 Å². The number of benzene rings is 3. The number of sulfonamides is 1. The maximum atomic E-state index is 12.7. The van der Waals surface area contributed by atoms with E-state index in [1.807, 2.05) is 67.6 Å². The van der Waals surface area contributed by atoms with Crippen LogP contribution in [0.2, 0.25) is 0 Å². The summed E-state index contributed by atoms with van der Waals surface area (Å²) in [4.78, 5) is 0.259. The van der Waals surface area contributed by atoms with E-state index in [4.69, 9.17) is 4.42 Å². The van der Waals surface area contributed by atoms with E-state index in [0.29, 0.717) is 0 Å². The Bertz CT molecular complexity index is 1150. The highest BCUT2D eigenvalue weighted by Gasteiger charge is 2.22. The minimum Gasteiger partial charge on any atom is -0.460 e. The number of aryl methyl sites for hydroxylation is 1. The zero-order valence-electron chi connectivity index (χ0n) is 15.5. The third-order valence-corrected chi connectivity index (χ3v) is 6.24. The van der Waals surface area contributed by atoms with Crippen molar-refractivity contribution < 1.29 is 12.8 Å². The second-order valence-corrected chi connectivity index (χ2v) is 8.58. The summed E-state index contributed by atoms with van der Waals surface area (Å²) in [6.45, 7) is 2.14. The van der Waals surface area contributed by atoms with E-state index in [0.717, 1.165) is 27.9 Å². The minimum absolute atomic E-state index is 0.208. The maximum absolute atomic E-state index is 12.7. The van der Waals surface area contributed by atoms with Gasteiger partial charge in [-0.2, -0.15) is 0 Å². The molecule has 0 aliphatic rings. The van der Waals surface area contributed by atoms with Crippen LogP contribution in [0.3, 0.4) is 0 Å². The van der Waals surface area contributed by atoms with E-state index in [9.17, 15) is 8.42 Å². The van der Waals surface area contributed by atoms with E-state index in [2.05, 4.69) is 4.72 Å². The quantitative estimate of drug-likeness (QED) is 0.511. The maximum Gasteiger partial charge on any atom is 0.240 e. The van der Waals surface area contributed by atoms with Gasteiger partial charge in [0.05, 0.1) is 10.8 Å². The highest BCUT2D eigenvalue weighted by atomic mass is 32.2. The number of fused-ring (bicyclic) bond motifs is 1. The minimum atomic E-state index is -3.61. The molecule has 3 aromatic carbocycles. The molecule has 4 aromatic rings. The predicted molar refractivity (Wildman–Crippen MR) is 111 cm³/mol. The molecule has 0 spiro atoms. The van der Waals surface area contributed by atoms with Crippen molar-refractivity contribution in [2.24, 2.45) is 0 Å². The normalized spacial score (nSPS) is 12.9. The van der Waals surface area contributed by atoms with Gasteiger partial charge < -0.3 is 4.42 Å². The Kier molecular flexibility index (Phi) is 5.03. The van der Waals surface area contributed by atoms with Crippen molar-refractivity contribution in [1.82, 2.24) is 4.72 Å². The number of nitrogens with one attached hydrogen (secondary N) is 1. The standard InChI is InChI=1S/C23H21NO3S/c1-17-11-13-20(14-12-17)28(25,26)24-16-21(18-7-3-2-4-8-18)23-15-19-9-5-6-10-22(19)27-23/h2-15,21,24H,16H2,1H3/t21-/m0/s1. The molecule has 28 heavy (non-hydrogen) atoms. The fraction of sp³-hybridized carbons (Fsp3) is 0.130. The second kappa shape index (κ2) is 7.62. The van der Waals surface area contributed by atoms with Crippen LogP contribution >= 0.6 is 0 Å². The zero-order chi connectivity index (χ0) is 19.6. The van der Waals surface area contributed by atoms with Crippen molar-refractivity contribution in [1.29, 1.82) is 0 Å². The topological polar surface area (TPSA) is 59.3 Å². The summed E-state index contributed by atoms with van der Waals surface area (Å²) in [5.41, 5.74) is 2.80. The molecule has 1 atom stereocenters. The Labute approximate surface area is 164 Å². The first-order valence-electron chi connectivity index (χ1n) is 9.13. The number of hydrogen-bond acceptors (Lipinski definition) is 3. The molecule has 1 heterocycles. The van der Waals surface area contributed by atoms with Crippen LogP contribution < -0.4 is 4.72 Å². The first kappa shape index (κ1) is 18.5. The highest BCUT2D eigenvalue weighted by Crippen LogP contribution is 2.30. The van der Waals surface area contributed by atoms with Crippen molar-refractivity contribution in [3.8, 4) is 0 Å². The average Bonchev–Trinajstić information content (AvgIpc) is 3.13. The van der Waals surface area contributed by atoms with Crippen LogP contribution in [0.4, 0.5) is 0 Å². The van der Waals surface area contributed by atoms with E-state index >= 15 is 0 Å². The largest absolute Gasteiger partial charge is 0.460 e. The second-order valence-electron chi connectivity index (χ2n) is 6.81. The summed E-state index contributed by atoms with van der Waals surface area (Å²) in [7, 11) is -3.61. The van der Waals surface area contributed by atoms with Crippen molar-refractivity contribution in [3.63, 3.8) is 0 Å². The van der Waals surface area contributed by atoms with Gasteiger partial charge in [-0.05, 0) is 36.8 Å². The molecule has 4 nitrogen and oxygen atoms in total. The van der Waals surface area contributed by atoms with Crippen molar-refractivity contribution in [2.45, 2.75) is 17.7 Å². The number of hydrogen-bond donors (Lipinski definition) is 1. The van der Waals surface area contributed by atoms with Gasteiger partial charge in [-0.25, -0.2) is 13.1 Å². The monoisotopic (exact) mass is 391 g/mol. The van der Waals surface area contributed by atoms with Crippen molar-refractivity contribution in [3.05, 3.63) is 102 Å². The number of furan rings is 1. The zero-order valence-corrected chi connectivity index (χ0v) is 16.3. The molecule has 0 bridgehead atoms. The summed E-state index contributed by atoms with van der Waals surface area (Å²) >= 11 is 0. The van der Waals surface area contributed by atoms with Crippen molar-refractivity contribution >= 4 is 21.0 Å². The molecular formula is C23H21NO3S. The fourth-order valence-corrected chi connectivity index (χ4v) is 4.28. The van der Waals surface area contributed by atoms with Gasteiger partial charge >= 0.3 is 0 Å². The predicted octanol–water partition coefficient (Wildman–Crippen LogP) is 4.85. The van der Waals surface area contributed by atoms with Crippen LogP contribution in [0.15, 0.2) is 94.2 Å². The molecule has 0 amide bonds. The van der Waals surface area contributed by atoms with Crippen LogP contribution in [0.25, 0.3) is 11.0 Å². The van der Waals surface area contributed by atoms with Gasteiger partial charge in [0.15, 0.2) is 0 Å². The smallest absolute Gasteiger partial charge is 0.240 e. The molecule has 1 aromatic heterocycles. The number of rotatable bonds is 6. The lowest BCUT2D eigenvalue weighted by molar-refractivity contribution is 0.511. The Morgan fingerprint density at radius 2 is 1.57 bits per heavy atom. The van der Waals surface area contributed by atoms with Gasteiger partial charge in [0, 0.05) is 11.9 Å². The molecule has 5 heteroatoms. The first-order chi connectivity index (χ1) is 13.5. The first-order valence-corrected chi connectivity index (χ1v) is 10.6. The Morgan fingerprint density at radius 1 is 0.893 bits per heavy atom. The Hall–Kier alpha value is -2.89. The molecule has 0 saturated carbocycles. The molecule has 0 fully saturated rings. The van der Waals surface area contributed by atoms with E-state index in [-0.39, 0.29) is 17.4 Å². The third kappa shape index (κ3) is 3.86. The summed E-state index contributed by atoms with van der Waals surface area (Å²) in [5.74, 6) is 0.507. The lowest BCUT2D eigenvalue weighted by Crippen LogP contribution is -2.29. The van der Waals surface area contributed by atoms with E-state index < -0.39 is 10.0 Å². The van der Waals surface area contributed by atoms with Gasteiger partial charge in [0.25, 0.3) is 0 Å². The molecule has 1 N–H and O–H groups in total. The van der Waals surface area contributed by atoms with Gasteiger partial charge in [0.1, 0.15) is 11.3 Å². The van der Waals surface area contributed by atoms with Crippen LogP contribution in [0, 0.1) is 6.92 Å². The summed E-state index contributed by atoms with van der Waals surface area (Å²) in [6, 6.07) is 26.4. The summed E-state index contributed by atoms with van der Waals surface area (Å²) in [6.07, 6.45) is 0. The van der Waals surface area contributed by atoms with Gasteiger partial charge in [-0.1, -0.05) is 66.2 Å². The molecule has 0 aliphatic carbocycles. The molecule has 0 unspecified atom stereocenters.